The summed E-state index contributed by atoms with van der Waals surface area (Å²) < 4.78 is 5.40. The highest BCUT2D eigenvalue weighted by Gasteiger charge is 2.31. The molecule has 1 saturated heterocycles. The summed E-state index contributed by atoms with van der Waals surface area (Å²) >= 11 is 1.51. The van der Waals surface area contributed by atoms with E-state index in [0.29, 0.717) is 30.0 Å². The van der Waals surface area contributed by atoms with Gasteiger partial charge in [-0.05, 0) is 19.4 Å². The number of carbonyl (C=O) groups is 2. The number of carboxylic acids is 1. The lowest BCUT2D eigenvalue weighted by molar-refractivity contribution is -0.141. The van der Waals surface area contributed by atoms with E-state index in [9.17, 15) is 9.59 Å². The number of rotatable bonds is 3. The predicted octanol–water partition coefficient (Wildman–Crippen LogP) is 3.10. The Morgan fingerprint density at radius 2 is 2.17 bits per heavy atom. The van der Waals surface area contributed by atoms with Crippen LogP contribution in [0.3, 0.4) is 0 Å². The van der Waals surface area contributed by atoms with Crippen LogP contribution in [0, 0.1) is 12.8 Å². The average Bonchev–Trinajstić information content (AvgIpc) is 3.17. The summed E-state index contributed by atoms with van der Waals surface area (Å²) in [6.07, 6.45) is 1.90. The maximum Gasteiger partial charge on any atom is 0.308 e. The lowest BCUT2D eigenvalue weighted by Gasteiger charge is -2.14. The molecule has 3 rings (SSSR count). The summed E-state index contributed by atoms with van der Waals surface area (Å²) in [6, 6.07) is 1.66. The quantitative estimate of drug-likeness (QED) is 0.886. The molecule has 0 aromatic carbocycles. The molecule has 2 aromatic heterocycles. The first kappa shape index (κ1) is 19.5. The van der Waals surface area contributed by atoms with Crippen molar-refractivity contribution >= 4 is 48.0 Å². The first-order valence-electron chi connectivity index (χ1n) is 6.57. The fourth-order valence-corrected chi connectivity index (χ4v) is 2.99. The van der Waals surface area contributed by atoms with Gasteiger partial charge in [0.25, 0.3) is 5.91 Å². The number of thiazole rings is 1. The van der Waals surface area contributed by atoms with Crippen molar-refractivity contribution in [1.29, 1.82) is 0 Å². The van der Waals surface area contributed by atoms with Crippen LogP contribution in [0.2, 0.25) is 0 Å². The van der Waals surface area contributed by atoms with Gasteiger partial charge in [-0.1, -0.05) is 0 Å². The van der Waals surface area contributed by atoms with Gasteiger partial charge in [0, 0.05) is 18.5 Å². The number of nitrogens with zero attached hydrogens (tertiary/aromatic N) is 2. The topological polar surface area (TPSA) is 83.6 Å². The normalized spacial score (nSPS) is 16.6. The average molecular weight is 379 g/mol. The molecule has 1 aliphatic rings. The number of furan rings is 1. The molecule has 2 aromatic rings. The molecule has 126 valence electrons. The summed E-state index contributed by atoms with van der Waals surface area (Å²) in [6.45, 7) is 2.62. The van der Waals surface area contributed by atoms with Gasteiger partial charge >= 0.3 is 5.97 Å². The molecule has 1 unspecified atom stereocenters. The molecule has 0 bridgehead atoms. The maximum absolute atomic E-state index is 12.3. The van der Waals surface area contributed by atoms with E-state index >= 15 is 0 Å². The van der Waals surface area contributed by atoms with Crippen molar-refractivity contribution < 1.29 is 19.1 Å². The van der Waals surface area contributed by atoms with E-state index in [1.807, 2.05) is 12.3 Å². The molecule has 23 heavy (non-hydrogen) atoms. The van der Waals surface area contributed by atoms with Crippen molar-refractivity contribution in [3.8, 4) is 11.5 Å². The predicted molar refractivity (Wildman–Crippen MR) is 90.7 cm³/mol. The Morgan fingerprint density at radius 1 is 1.43 bits per heavy atom. The number of carboxylic acid groups (broad SMARTS) is 1. The zero-order valence-corrected chi connectivity index (χ0v) is 14.7. The van der Waals surface area contributed by atoms with Crippen molar-refractivity contribution in [3.63, 3.8) is 0 Å². The summed E-state index contributed by atoms with van der Waals surface area (Å²) in [5, 5.41) is 11.8. The van der Waals surface area contributed by atoms with Crippen molar-refractivity contribution in [2.24, 2.45) is 5.92 Å². The van der Waals surface area contributed by atoms with Gasteiger partial charge in [-0.25, -0.2) is 4.98 Å². The number of aliphatic carboxylic acids is 1. The summed E-state index contributed by atoms with van der Waals surface area (Å²) in [5.41, 5.74) is 1.14. The Morgan fingerprint density at radius 3 is 2.74 bits per heavy atom. The van der Waals surface area contributed by atoms with Gasteiger partial charge in [-0.3, -0.25) is 9.59 Å². The van der Waals surface area contributed by atoms with Crippen LogP contribution in [0.4, 0.5) is 0 Å². The molecule has 6 nitrogen and oxygen atoms in total. The van der Waals surface area contributed by atoms with Crippen LogP contribution in [0.15, 0.2) is 22.1 Å². The molecule has 1 fully saturated rings. The highest BCUT2D eigenvalue weighted by Crippen LogP contribution is 2.25. The first-order chi connectivity index (χ1) is 10.0. The molecule has 0 saturated carbocycles. The van der Waals surface area contributed by atoms with Gasteiger partial charge in [-0.15, -0.1) is 36.2 Å². The molecular weight excluding hydrogens is 363 g/mol. The highest BCUT2D eigenvalue weighted by molar-refractivity contribution is 7.09. The second-order valence-electron chi connectivity index (χ2n) is 5.03. The minimum Gasteiger partial charge on any atom is -0.481 e. The number of halogens is 2. The molecule has 9 heteroatoms. The number of likely N-dealkylation sites (tertiary alicyclic amines) is 1. The van der Waals surface area contributed by atoms with Crippen LogP contribution >= 0.6 is 36.2 Å². The van der Waals surface area contributed by atoms with Crippen LogP contribution in [-0.4, -0.2) is 40.0 Å². The SMILES string of the molecule is Cc1nc(-c2cc(C(=O)N3CCC(C(=O)O)C3)co2)cs1.Cl.Cl. The minimum absolute atomic E-state index is 0. The fraction of sp³-hybridized carbons (Fsp3) is 0.357. The smallest absolute Gasteiger partial charge is 0.308 e. The van der Waals surface area contributed by atoms with Crippen LogP contribution in [0.5, 0.6) is 0 Å². The van der Waals surface area contributed by atoms with E-state index in [0.717, 1.165) is 5.01 Å². The van der Waals surface area contributed by atoms with Gasteiger partial charge in [0.15, 0.2) is 5.76 Å². The van der Waals surface area contributed by atoms with Crippen LogP contribution < -0.4 is 0 Å². The van der Waals surface area contributed by atoms with E-state index in [1.54, 1.807) is 11.0 Å². The zero-order valence-electron chi connectivity index (χ0n) is 12.2. The number of hydrogen-bond donors (Lipinski definition) is 1. The third-order valence-corrected chi connectivity index (χ3v) is 4.32. The zero-order chi connectivity index (χ0) is 15.0. The third kappa shape index (κ3) is 4.04. The molecule has 1 N–H and O–H groups in total. The standard InChI is InChI=1S/C14H14N2O4S.2ClH/c1-8-15-11(7-21-8)12-4-10(6-20-12)13(17)16-3-2-9(5-16)14(18)19;;/h4,6-7,9H,2-3,5H2,1H3,(H,18,19);2*1H. The Bertz CT molecular complexity index is 701. The van der Waals surface area contributed by atoms with Crippen molar-refractivity contribution in [1.82, 2.24) is 9.88 Å². The van der Waals surface area contributed by atoms with Crippen molar-refractivity contribution in [2.75, 3.05) is 13.1 Å². The lowest BCUT2D eigenvalue weighted by atomic mass is 10.1. The van der Waals surface area contributed by atoms with Gasteiger partial charge in [-0.2, -0.15) is 0 Å². The highest BCUT2D eigenvalue weighted by atomic mass is 35.5. The van der Waals surface area contributed by atoms with Crippen LogP contribution in [0.25, 0.3) is 11.5 Å². The van der Waals surface area contributed by atoms with E-state index in [1.165, 1.54) is 17.6 Å². The number of amides is 1. The molecule has 1 amide bonds. The molecule has 0 spiro atoms. The van der Waals surface area contributed by atoms with Crippen LogP contribution in [0.1, 0.15) is 21.8 Å². The lowest BCUT2D eigenvalue weighted by Crippen LogP contribution is -2.29. The summed E-state index contributed by atoms with van der Waals surface area (Å²) in [4.78, 5) is 29.1. The number of carbonyl (C=O) groups excluding carboxylic acids is 1. The minimum atomic E-state index is -0.851. The number of aromatic nitrogens is 1. The summed E-state index contributed by atoms with van der Waals surface area (Å²) in [5.74, 6) is -0.963. The van der Waals surface area contributed by atoms with Crippen molar-refractivity contribution in [3.05, 3.63) is 28.3 Å². The first-order valence-corrected chi connectivity index (χ1v) is 7.45. The monoisotopic (exact) mass is 378 g/mol. The summed E-state index contributed by atoms with van der Waals surface area (Å²) in [7, 11) is 0. The van der Waals surface area contributed by atoms with Gasteiger partial charge in [0.2, 0.25) is 0 Å². The van der Waals surface area contributed by atoms with Crippen LogP contribution in [-0.2, 0) is 4.79 Å². The third-order valence-electron chi connectivity index (χ3n) is 3.54. The van der Waals surface area contributed by atoms with Gasteiger partial charge < -0.3 is 14.4 Å². The molecule has 1 atom stereocenters. The Kier molecular flexibility index (Phi) is 6.61. The molecule has 3 heterocycles. The molecule has 0 aliphatic carbocycles. The second kappa shape index (κ2) is 7.81. The Balaban J connectivity index is 0.00000132. The second-order valence-corrected chi connectivity index (χ2v) is 6.09. The fourth-order valence-electron chi connectivity index (χ4n) is 2.39. The maximum atomic E-state index is 12.3. The number of aryl methyl sites for hydroxylation is 1. The van der Waals surface area contributed by atoms with E-state index in [2.05, 4.69) is 4.98 Å². The number of hydrogen-bond acceptors (Lipinski definition) is 5. The van der Waals surface area contributed by atoms with E-state index < -0.39 is 11.9 Å². The largest absolute Gasteiger partial charge is 0.481 e. The Labute approximate surface area is 149 Å². The van der Waals surface area contributed by atoms with Gasteiger partial charge in [0.1, 0.15) is 12.0 Å². The molecular formula is C14H16Cl2N2O4S. The van der Waals surface area contributed by atoms with E-state index in [4.69, 9.17) is 9.52 Å². The van der Waals surface area contributed by atoms with E-state index in [-0.39, 0.29) is 37.3 Å². The molecule has 0 radical (unpaired) electrons. The Hall–Kier alpha value is -1.57. The van der Waals surface area contributed by atoms with Crippen molar-refractivity contribution in [2.45, 2.75) is 13.3 Å². The molecule has 1 aliphatic heterocycles. The van der Waals surface area contributed by atoms with Gasteiger partial charge in [0.05, 0.1) is 16.5 Å².